The van der Waals surface area contributed by atoms with Gasteiger partial charge in [-0.25, -0.2) is 15.0 Å². The van der Waals surface area contributed by atoms with Crippen LogP contribution in [0.25, 0.3) is 56.1 Å². The molecule has 1 fully saturated rings. The Labute approximate surface area is 294 Å². The average Bonchev–Trinajstić information content (AvgIpc) is 3.18. The lowest BCUT2D eigenvalue weighted by atomic mass is 9.65. The Balaban J connectivity index is 1.16. The van der Waals surface area contributed by atoms with E-state index in [-0.39, 0.29) is 5.41 Å². The van der Waals surface area contributed by atoms with Crippen molar-refractivity contribution in [1.82, 2.24) is 15.0 Å². The first-order valence-corrected chi connectivity index (χ1v) is 20.2. The average molecular weight is 670 g/mol. The molecule has 6 aromatic carbocycles. The van der Waals surface area contributed by atoms with Crippen molar-refractivity contribution in [3.05, 3.63) is 157 Å². The van der Waals surface area contributed by atoms with Crippen molar-refractivity contribution in [3.8, 4) is 45.3 Å². The minimum absolute atomic E-state index is 0.0538. The zero-order chi connectivity index (χ0) is 34.1. The van der Waals surface area contributed by atoms with Crippen LogP contribution in [0.5, 0.6) is 0 Å². The first-order valence-electron chi connectivity index (χ1n) is 17.6. The summed E-state index contributed by atoms with van der Waals surface area (Å²) in [5, 5.41) is 3.17. The van der Waals surface area contributed by atoms with Crippen LogP contribution in [0.1, 0.15) is 43.2 Å². The van der Waals surface area contributed by atoms with Crippen molar-refractivity contribution >= 4 is 23.2 Å². The summed E-state index contributed by atoms with van der Waals surface area (Å²) in [7, 11) is -2.41. The van der Waals surface area contributed by atoms with E-state index in [1.54, 1.807) is 0 Å². The van der Waals surface area contributed by atoms with Gasteiger partial charge >= 0.3 is 0 Å². The van der Waals surface area contributed by atoms with Crippen molar-refractivity contribution in [1.29, 1.82) is 0 Å². The van der Waals surface area contributed by atoms with Crippen molar-refractivity contribution in [2.45, 2.75) is 37.5 Å². The monoisotopic (exact) mass is 669 g/mol. The summed E-state index contributed by atoms with van der Waals surface area (Å²) >= 11 is 0. The summed E-state index contributed by atoms with van der Waals surface area (Å²) in [5.74, 6) is 2.01. The Kier molecular flexibility index (Phi) is 8.50. The third-order valence-electron chi connectivity index (χ3n) is 10.3. The van der Waals surface area contributed by atoms with Crippen LogP contribution in [0.3, 0.4) is 0 Å². The summed E-state index contributed by atoms with van der Waals surface area (Å²) in [5.41, 5.74) is 7.91. The van der Waals surface area contributed by atoms with Crippen LogP contribution >= 0.6 is 7.14 Å². The van der Waals surface area contributed by atoms with Gasteiger partial charge in [-0.3, -0.25) is 0 Å². The lowest BCUT2D eigenvalue weighted by molar-refractivity contribution is 0.346. The van der Waals surface area contributed by atoms with E-state index in [2.05, 4.69) is 78.9 Å². The molecule has 0 atom stereocenters. The molecule has 1 saturated carbocycles. The van der Waals surface area contributed by atoms with Crippen LogP contribution in [0.2, 0.25) is 0 Å². The molecule has 1 aliphatic rings. The molecule has 0 spiro atoms. The van der Waals surface area contributed by atoms with Crippen molar-refractivity contribution in [2.75, 3.05) is 13.3 Å². The fourth-order valence-electron chi connectivity index (χ4n) is 7.75. The van der Waals surface area contributed by atoms with Crippen LogP contribution in [0.15, 0.2) is 146 Å². The number of hydrogen-bond donors (Lipinski definition) is 0. The van der Waals surface area contributed by atoms with Gasteiger partial charge in [-0.05, 0) is 59.2 Å². The molecule has 246 valence electrons. The van der Waals surface area contributed by atoms with Gasteiger partial charge in [0.15, 0.2) is 17.5 Å². The number of fused-ring (bicyclic) bond motifs is 1. The van der Waals surface area contributed by atoms with E-state index < -0.39 is 7.14 Å². The molecular formula is C45H40N3OP. The van der Waals surface area contributed by atoms with E-state index in [1.807, 2.05) is 80.1 Å². The first-order chi connectivity index (χ1) is 24.4. The van der Waals surface area contributed by atoms with Crippen molar-refractivity contribution in [3.63, 3.8) is 0 Å². The second kappa shape index (κ2) is 13.3. The van der Waals surface area contributed by atoms with Gasteiger partial charge < -0.3 is 4.57 Å². The highest BCUT2D eigenvalue weighted by Crippen LogP contribution is 2.46. The largest absolute Gasteiger partial charge is 0.319 e. The molecule has 8 rings (SSSR count). The first kappa shape index (κ1) is 32.0. The molecule has 0 radical (unpaired) electrons. The lowest BCUT2D eigenvalue weighted by Crippen LogP contribution is -2.30. The number of hydrogen-bond acceptors (Lipinski definition) is 4. The van der Waals surface area contributed by atoms with E-state index in [9.17, 15) is 4.57 Å². The summed E-state index contributed by atoms with van der Waals surface area (Å²) in [4.78, 5) is 14.8. The fraction of sp³-hybridized carbons (Fsp3) is 0.178. The standard InChI is InChI=1S/C45H40N3OP/c1-50(2,49)41-29-28-38(39-18-10-11-19-40(39)41)32-20-24-36(25-21-32)45(30-12-5-13-31-45)37-26-22-35(23-27-37)44-47-42(33-14-6-3-7-15-33)46-43(48-44)34-16-8-4-9-17-34/h3-4,6-11,14-29H,5,12-13,30-31H2,1-2H3. The van der Waals surface area contributed by atoms with Gasteiger partial charge in [0.1, 0.15) is 7.14 Å². The second-order valence-electron chi connectivity index (χ2n) is 13.9. The number of benzene rings is 6. The van der Waals surface area contributed by atoms with Gasteiger partial charge in [0.25, 0.3) is 0 Å². The normalized spacial score (nSPS) is 14.4. The number of nitrogens with zero attached hydrogens (tertiary/aromatic N) is 3. The molecule has 50 heavy (non-hydrogen) atoms. The molecule has 0 bridgehead atoms. The molecule has 1 aromatic heterocycles. The third-order valence-corrected chi connectivity index (χ3v) is 11.9. The smallest absolute Gasteiger partial charge is 0.164 e. The van der Waals surface area contributed by atoms with Gasteiger partial charge in [0.05, 0.1) is 0 Å². The molecule has 4 nitrogen and oxygen atoms in total. The maximum Gasteiger partial charge on any atom is 0.164 e. The Morgan fingerprint density at radius 1 is 0.460 bits per heavy atom. The predicted molar refractivity (Wildman–Crippen MR) is 208 cm³/mol. The molecular weight excluding hydrogens is 629 g/mol. The Morgan fingerprint density at radius 3 is 1.40 bits per heavy atom. The summed E-state index contributed by atoms with van der Waals surface area (Å²) < 4.78 is 13.1. The van der Waals surface area contributed by atoms with Crippen LogP contribution in [-0.4, -0.2) is 28.3 Å². The van der Waals surface area contributed by atoms with Gasteiger partial charge in [-0.2, -0.15) is 0 Å². The topological polar surface area (TPSA) is 55.7 Å². The van der Waals surface area contributed by atoms with Crippen molar-refractivity contribution in [2.24, 2.45) is 0 Å². The zero-order valence-electron chi connectivity index (χ0n) is 28.6. The molecule has 1 heterocycles. The highest BCUT2D eigenvalue weighted by Gasteiger charge is 2.35. The van der Waals surface area contributed by atoms with E-state index in [0.717, 1.165) is 45.6 Å². The molecule has 0 saturated heterocycles. The van der Waals surface area contributed by atoms with Gasteiger partial charge in [-0.15, -0.1) is 0 Å². The zero-order valence-corrected chi connectivity index (χ0v) is 29.5. The molecule has 1 aliphatic carbocycles. The Morgan fingerprint density at radius 2 is 0.900 bits per heavy atom. The number of rotatable bonds is 7. The second-order valence-corrected chi connectivity index (χ2v) is 17.0. The number of aromatic nitrogens is 3. The van der Waals surface area contributed by atoms with Crippen LogP contribution in [-0.2, 0) is 9.98 Å². The maximum atomic E-state index is 13.1. The lowest BCUT2D eigenvalue weighted by Gasteiger charge is -2.39. The van der Waals surface area contributed by atoms with Crippen LogP contribution in [0, 0.1) is 0 Å². The molecule has 0 amide bonds. The van der Waals surface area contributed by atoms with Gasteiger partial charge in [-0.1, -0.05) is 165 Å². The summed E-state index contributed by atoms with van der Waals surface area (Å²) in [6.07, 6.45) is 5.92. The van der Waals surface area contributed by atoms with Gasteiger partial charge in [0.2, 0.25) is 0 Å². The minimum atomic E-state index is -2.41. The van der Waals surface area contributed by atoms with Crippen molar-refractivity contribution < 1.29 is 4.57 Å². The molecule has 5 heteroatoms. The fourth-order valence-corrected chi connectivity index (χ4v) is 8.96. The Hall–Kier alpha value is -5.18. The van der Waals surface area contributed by atoms with E-state index in [4.69, 9.17) is 15.0 Å². The molecule has 0 unspecified atom stereocenters. The summed E-state index contributed by atoms with van der Waals surface area (Å²) in [6, 6.07) is 51.0. The Bertz CT molecular complexity index is 2270. The molecule has 0 aliphatic heterocycles. The molecule has 0 N–H and O–H groups in total. The van der Waals surface area contributed by atoms with Gasteiger partial charge in [0, 0.05) is 27.4 Å². The SMILES string of the molecule is CP(C)(=O)c1ccc(-c2ccc(C3(c4ccc(-c5nc(-c6ccccc6)nc(-c6ccccc6)n5)cc4)CCCCC3)cc2)c2ccccc12. The quantitative estimate of drug-likeness (QED) is 0.159. The van der Waals surface area contributed by atoms with E-state index >= 15 is 0 Å². The van der Waals surface area contributed by atoms with Crippen LogP contribution in [0.4, 0.5) is 0 Å². The van der Waals surface area contributed by atoms with E-state index in [1.165, 1.54) is 41.5 Å². The maximum absolute atomic E-state index is 13.1. The highest BCUT2D eigenvalue weighted by molar-refractivity contribution is 7.70. The van der Waals surface area contributed by atoms with E-state index in [0.29, 0.717) is 17.5 Å². The van der Waals surface area contributed by atoms with Crippen LogP contribution < -0.4 is 5.30 Å². The highest BCUT2D eigenvalue weighted by atomic mass is 31.2. The molecule has 7 aromatic rings. The predicted octanol–water partition coefficient (Wildman–Crippen LogP) is 11.2. The third kappa shape index (κ3) is 6.10. The minimum Gasteiger partial charge on any atom is -0.319 e. The summed E-state index contributed by atoms with van der Waals surface area (Å²) in [6.45, 7) is 3.71.